The molecule has 3 aromatic rings. The van der Waals surface area contributed by atoms with Crippen molar-refractivity contribution < 1.29 is 9.18 Å². The van der Waals surface area contributed by atoms with Gasteiger partial charge < -0.3 is 10.6 Å². The van der Waals surface area contributed by atoms with Crippen LogP contribution in [0.15, 0.2) is 60.9 Å². The van der Waals surface area contributed by atoms with Gasteiger partial charge in [-0.1, -0.05) is 29.3 Å². The van der Waals surface area contributed by atoms with Crippen LogP contribution in [0.4, 0.5) is 21.5 Å². The number of pyridine rings is 1. The van der Waals surface area contributed by atoms with Gasteiger partial charge in [0.1, 0.15) is 5.82 Å². The molecule has 4 nitrogen and oxygen atoms in total. The fraction of sp³-hybridized carbons (Fsp3) is 0. The van der Waals surface area contributed by atoms with Gasteiger partial charge in [0.15, 0.2) is 0 Å². The smallest absolute Gasteiger partial charge is 0.257 e. The summed E-state index contributed by atoms with van der Waals surface area (Å²) in [6.07, 6.45) is 3.00. The van der Waals surface area contributed by atoms with E-state index >= 15 is 0 Å². The second-order valence-electron chi connectivity index (χ2n) is 5.15. The molecule has 1 heterocycles. The minimum Gasteiger partial charge on any atom is -0.353 e. The predicted octanol–water partition coefficient (Wildman–Crippen LogP) is 5.52. The van der Waals surface area contributed by atoms with Gasteiger partial charge in [0.2, 0.25) is 0 Å². The minimum atomic E-state index is -0.371. The average molecular weight is 376 g/mol. The molecule has 1 aromatic heterocycles. The molecule has 3 rings (SSSR count). The third kappa shape index (κ3) is 4.26. The van der Waals surface area contributed by atoms with Gasteiger partial charge in [-0.05, 0) is 42.5 Å². The molecule has 0 saturated heterocycles. The average Bonchev–Trinajstić information content (AvgIpc) is 2.61. The molecule has 2 N–H and O–H groups in total. The highest BCUT2D eigenvalue weighted by molar-refractivity contribution is 6.43. The van der Waals surface area contributed by atoms with Crippen molar-refractivity contribution in [1.82, 2.24) is 4.98 Å². The molecule has 126 valence electrons. The molecule has 0 atom stereocenters. The predicted molar refractivity (Wildman–Crippen MR) is 98.3 cm³/mol. The van der Waals surface area contributed by atoms with E-state index in [0.717, 1.165) is 0 Å². The highest BCUT2D eigenvalue weighted by Gasteiger charge is 2.09. The minimum absolute atomic E-state index is 0.340. The van der Waals surface area contributed by atoms with Crippen LogP contribution < -0.4 is 10.6 Å². The van der Waals surface area contributed by atoms with Crippen LogP contribution in [0.3, 0.4) is 0 Å². The van der Waals surface area contributed by atoms with Crippen LogP contribution in [0.1, 0.15) is 10.4 Å². The van der Waals surface area contributed by atoms with Crippen LogP contribution in [0.2, 0.25) is 10.0 Å². The number of nitrogens with zero attached hydrogens (tertiary/aromatic N) is 1. The Bertz CT molecular complexity index is 916. The lowest BCUT2D eigenvalue weighted by molar-refractivity contribution is 0.102. The number of rotatable bonds is 4. The van der Waals surface area contributed by atoms with E-state index in [2.05, 4.69) is 15.6 Å². The maximum Gasteiger partial charge on any atom is 0.257 e. The molecular weight excluding hydrogens is 364 g/mol. The molecule has 0 bridgehead atoms. The Hall–Kier alpha value is -2.63. The summed E-state index contributed by atoms with van der Waals surface area (Å²) in [4.78, 5) is 16.4. The van der Waals surface area contributed by atoms with E-state index in [1.165, 1.54) is 30.5 Å². The first-order valence-electron chi connectivity index (χ1n) is 7.26. The van der Waals surface area contributed by atoms with E-state index < -0.39 is 0 Å². The van der Waals surface area contributed by atoms with Crippen molar-refractivity contribution in [2.45, 2.75) is 0 Å². The number of hydrogen-bond donors (Lipinski definition) is 2. The largest absolute Gasteiger partial charge is 0.353 e. The van der Waals surface area contributed by atoms with Crippen molar-refractivity contribution in [3.8, 4) is 0 Å². The number of carbonyl (C=O) groups excluding carboxylic acids is 1. The molecule has 2 aromatic carbocycles. The van der Waals surface area contributed by atoms with Gasteiger partial charge in [-0.25, -0.2) is 4.39 Å². The summed E-state index contributed by atoms with van der Waals surface area (Å²) in [5.74, 6) is -0.732. The molecule has 25 heavy (non-hydrogen) atoms. The zero-order chi connectivity index (χ0) is 17.8. The van der Waals surface area contributed by atoms with E-state index in [0.29, 0.717) is 32.7 Å². The molecule has 0 spiro atoms. The number of nitrogens with one attached hydrogen (secondary N) is 2. The fourth-order valence-electron chi connectivity index (χ4n) is 2.12. The molecule has 0 fully saturated rings. The lowest BCUT2D eigenvalue weighted by atomic mass is 10.2. The standard InChI is InChI=1S/C18H12Cl2FN3O/c19-15-2-1-3-16(17(15)20)23-14-8-11(9-22-10-14)18(25)24-13-6-4-12(21)5-7-13/h1-10,23H,(H,24,25). The van der Waals surface area contributed by atoms with Crippen molar-refractivity contribution in [3.63, 3.8) is 0 Å². The third-order valence-corrected chi connectivity index (χ3v) is 4.15. The van der Waals surface area contributed by atoms with Crippen LogP contribution in [0, 0.1) is 5.82 Å². The van der Waals surface area contributed by atoms with Gasteiger partial charge >= 0.3 is 0 Å². The molecular formula is C18H12Cl2FN3O. The van der Waals surface area contributed by atoms with Crippen LogP contribution in [-0.2, 0) is 0 Å². The number of aromatic nitrogens is 1. The third-order valence-electron chi connectivity index (χ3n) is 3.33. The van der Waals surface area contributed by atoms with Crippen molar-refractivity contribution in [3.05, 3.63) is 82.4 Å². The first-order chi connectivity index (χ1) is 12.0. The van der Waals surface area contributed by atoms with Crippen LogP contribution in [-0.4, -0.2) is 10.9 Å². The summed E-state index contributed by atoms with van der Waals surface area (Å²) in [6.45, 7) is 0. The second-order valence-corrected chi connectivity index (χ2v) is 5.93. The second kappa shape index (κ2) is 7.51. The molecule has 0 aliphatic heterocycles. The van der Waals surface area contributed by atoms with Gasteiger partial charge in [-0.2, -0.15) is 0 Å². The Morgan fingerprint density at radius 3 is 2.52 bits per heavy atom. The number of amides is 1. The summed E-state index contributed by atoms with van der Waals surface area (Å²) in [5.41, 5.74) is 2.01. The lowest BCUT2D eigenvalue weighted by Crippen LogP contribution is -2.12. The number of hydrogen-bond acceptors (Lipinski definition) is 3. The summed E-state index contributed by atoms with van der Waals surface area (Å²) in [7, 11) is 0. The molecule has 0 saturated carbocycles. The Labute approximate surface area is 153 Å². The van der Waals surface area contributed by atoms with Crippen molar-refractivity contribution in [1.29, 1.82) is 0 Å². The van der Waals surface area contributed by atoms with Crippen LogP contribution >= 0.6 is 23.2 Å². The summed E-state index contributed by atoms with van der Waals surface area (Å²) in [5, 5.41) is 6.55. The molecule has 7 heteroatoms. The fourth-order valence-corrected chi connectivity index (χ4v) is 2.47. The maximum absolute atomic E-state index is 12.9. The Kier molecular flexibility index (Phi) is 5.16. The van der Waals surface area contributed by atoms with Crippen molar-refractivity contribution in [2.24, 2.45) is 0 Å². The van der Waals surface area contributed by atoms with Gasteiger partial charge in [-0.3, -0.25) is 9.78 Å². The van der Waals surface area contributed by atoms with Crippen LogP contribution in [0.5, 0.6) is 0 Å². The first kappa shape index (κ1) is 17.2. The summed E-state index contributed by atoms with van der Waals surface area (Å²) in [6, 6.07) is 12.3. The topological polar surface area (TPSA) is 54.0 Å². The van der Waals surface area contributed by atoms with Crippen molar-refractivity contribution >= 4 is 46.2 Å². The summed E-state index contributed by atoms with van der Waals surface area (Å²) >= 11 is 12.1. The molecule has 0 radical (unpaired) electrons. The number of halogens is 3. The Morgan fingerprint density at radius 2 is 1.76 bits per heavy atom. The van der Waals surface area contributed by atoms with Crippen molar-refractivity contribution in [2.75, 3.05) is 10.6 Å². The zero-order valence-corrected chi connectivity index (χ0v) is 14.3. The van der Waals surface area contributed by atoms with Gasteiger partial charge in [0.25, 0.3) is 5.91 Å². The van der Waals surface area contributed by atoms with Gasteiger partial charge in [0.05, 0.1) is 33.2 Å². The number of anilines is 3. The summed E-state index contributed by atoms with van der Waals surface area (Å²) < 4.78 is 12.9. The Morgan fingerprint density at radius 1 is 1.00 bits per heavy atom. The lowest BCUT2D eigenvalue weighted by Gasteiger charge is -2.10. The molecule has 0 unspecified atom stereocenters. The molecule has 1 amide bonds. The quantitative estimate of drug-likeness (QED) is 0.630. The van der Waals surface area contributed by atoms with Crippen LogP contribution in [0.25, 0.3) is 0 Å². The molecule has 0 aliphatic carbocycles. The number of benzene rings is 2. The first-order valence-corrected chi connectivity index (χ1v) is 8.01. The zero-order valence-electron chi connectivity index (χ0n) is 12.8. The van der Waals surface area contributed by atoms with E-state index in [9.17, 15) is 9.18 Å². The maximum atomic E-state index is 12.9. The monoisotopic (exact) mass is 375 g/mol. The van der Waals surface area contributed by atoms with E-state index in [4.69, 9.17) is 23.2 Å². The normalized spacial score (nSPS) is 10.4. The highest BCUT2D eigenvalue weighted by Crippen LogP contribution is 2.31. The van der Waals surface area contributed by atoms with Gasteiger partial charge in [0, 0.05) is 11.9 Å². The van der Waals surface area contributed by atoms with Gasteiger partial charge in [-0.15, -0.1) is 0 Å². The Balaban J connectivity index is 1.77. The molecule has 0 aliphatic rings. The number of carbonyl (C=O) groups is 1. The SMILES string of the molecule is O=C(Nc1ccc(F)cc1)c1cncc(Nc2cccc(Cl)c2Cl)c1. The van der Waals surface area contributed by atoms with E-state index in [-0.39, 0.29) is 11.7 Å². The highest BCUT2D eigenvalue weighted by atomic mass is 35.5. The van der Waals surface area contributed by atoms with E-state index in [1.807, 2.05) is 0 Å². The van der Waals surface area contributed by atoms with E-state index in [1.54, 1.807) is 30.5 Å².